The molecule has 0 fully saturated rings. The van der Waals surface area contributed by atoms with Crippen molar-refractivity contribution in [1.82, 2.24) is 30.4 Å². The maximum absolute atomic E-state index is 12.6. The van der Waals surface area contributed by atoms with Crippen LogP contribution in [-0.4, -0.2) is 38.8 Å². The Balaban J connectivity index is 0.00000341. The summed E-state index contributed by atoms with van der Waals surface area (Å²) in [6, 6.07) is 8.04. The first-order valence-corrected chi connectivity index (χ1v) is 10.3. The first kappa shape index (κ1) is 25.0. The molecule has 3 rings (SSSR count). The van der Waals surface area contributed by atoms with Gasteiger partial charge in [0.05, 0.1) is 18.1 Å². The van der Waals surface area contributed by atoms with Gasteiger partial charge in [-0.1, -0.05) is 24.3 Å². The number of rotatable bonds is 8. The van der Waals surface area contributed by atoms with E-state index in [0.29, 0.717) is 43.6 Å². The van der Waals surface area contributed by atoms with E-state index in [1.807, 2.05) is 25.1 Å². The number of nitrogens with one attached hydrogen (secondary N) is 2. The highest BCUT2D eigenvalue weighted by molar-refractivity contribution is 14.0. The van der Waals surface area contributed by atoms with Crippen LogP contribution in [0.2, 0.25) is 0 Å². The van der Waals surface area contributed by atoms with Crippen molar-refractivity contribution in [1.29, 1.82) is 0 Å². The van der Waals surface area contributed by atoms with Crippen molar-refractivity contribution in [2.24, 2.45) is 4.99 Å². The molecule has 31 heavy (non-hydrogen) atoms. The first-order valence-electron chi connectivity index (χ1n) is 9.38. The third-order valence-electron chi connectivity index (χ3n) is 4.04. The average molecular weight is 565 g/mol. The van der Waals surface area contributed by atoms with Crippen molar-refractivity contribution in [2.45, 2.75) is 32.6 Å². The smallest absolute Gasteiger partial charge is 0.357 e. The predicted molar refractivity (Wildman–Crippen MR) is 125 cm³/mol. The number of halogens is 4. The van der Waals surface area contributed by atoms with Crippen LogP contribution in [0.1, 0.15) is 28.8 Å². The summed E-state index contributed by atoms with van der Waals surface area (Å²) in [5, 5.41) is 11.9. The van der Waals surface area contributed by atoms with Gasteiger partial charge < -0.3 is 10.6 Å². The average Bonchev–Trinajstić information content (AvgIpc) is 3.38. The van der Waals surface area contributed by atoms with Crippen molar-refractivity contribution in [3.8, 4) is 0 Å². The summed E-state index contributed by atoms with van der Waals surface area (Å²) < 4.78 is 39.7. The largest absolute Gasteiger partial charge is 0.434 e. The minimum Gasteiger partial charge on any atom is -0.357 e. The highest BCUT2D eigenvalue weighted by atomic mass is 127. The van der Waals surface area contributed by atoms with Gasteiger partial charge in [0, 0.05) is 24.9 Å². The fourth-order valence-corrected chi connectivity index (χ4v) is 3.49. The number of hydrogen-bond donors (Lipinski definition) is 2. The molecule has 0 aliphatic heterocycles. The molecule has 0 saturated heterocycles. The molecule has 0 amide bonds. The minimum atomic E-state index is -4.40. The lowest BCUT2D eigenvalue weighted by Gasteiger charge is -2.11. The van der Waals surface area contributed by atoms with E-state index in [-0.39, 0.29) is 24.0 Å². The molecule has 0 unspecified atom stereocenters. The number of benzene rings is 1. The minimum absolute atomic E-state index is 0. The van der Waals surface area contributed by atoms with E-state index in [1.165, 1.54) is 6.33 Å². The van der Waals surface area contributed by atoms with Gasteiger partial charge in [-0.25, -0.2) is 19.6 Å². The molecular formula is C19H23F3IN7S. The maximum Gasteiger partial charge on any atom is 0.434 e. The SMILES string of the molecule is CCNC(=NCc1cccc(Cn2cncn2)c1)NCCc1nc(C(F)(F)F)cs1.I. The van der Waals surface area contributed by atoms with E-state index in [2.05, 4.69) is 36.8 Å². The van der Waals surface area contributed by atoms with Crippen molar-refractivity contribution in [3.63, 3.8) is 0 Å². The molecule has 0 aliphatic carbocycles. The van der Waals surface area contributed by atoms with Crippen LogP contribution in [0.4, 0.5) is 13.2 Å². The summed E-state index contributed by atoms with van der Waals surface area (Å²) >= 11 is 1.01. The van der Waals surface area contributed by atoms with Crippen LogP contribution in [0.25, 0.3) is 0 Å². The lowest BCUT2D eigenvalue weighted by atomic mass is 10.1. The van der Waals surface area contributed by atoms with Crippen LogP contribution in [0.15, 0.2) is 47.3 Å². The van der Waals surface area contributed by atoms with Crippen molar-refractivity contribution in [2.75, 3.05) is 13.1 Å². The molecule has 168 valence electrons. The Morgan fingerprint density at radius 2 is 2.03 bits per heavy atom. The molecule has 0 saturated carbocycles. The zero-order valence-electron chi connectivity index (χ0n) is 16.8. The van der Waals surface area contributed by atoms with E-state index >= 15 is 0 Å². The number of guanidine groups is 1. The zero-order valence-corrected chi connectivity index (χ0v) is 19.9. The van der Waals surface area contributed by atoms with Gasteiger partial charge in [-0.3, -0.25) is 0 Å². The monoisotopic (exact) mass is 565 g/mol. The predicted octanol–water partition coefficient (Wildman–Crippen LogP) is 3.72. The molecule has 2 N–H and O–H groups in total. The molecule has 7 nitrogen and oxygen atoms in total. The normalized spacial score (nSPS) is 11.8. The number of hydrogen-bond acceptors (Lipinski definition) is 5. The number of nitrogens with zero attached hydrogens (tertiary/aromatic N) is 5. The van der Waals surface area contributed by atoms with Crippen LogP contribution in [0.3, 0.4) is 0 Å². The zero-order chi connectivity index (χ0) is 21.4. The van der Waals surface area contributed by atoms with Gasteiger partial charge in [-0.2, -0.15) is 18.3 Å². The second kappa shape index (κ2) is 12.0. The van der Waals surface area contributed by atoms with Crippen LogP contribution in [-0.2, 0) is 25.7 Å². The van der Waals surface area contributed by atoms with E-state index in [9.17, 15) is 13.2 Å². The van der Waals surface area contributed by atoms with Gasteiger partial charge in [-0.15, -0.1) is 35.3 Å². The Labute approximate surface area is 199 Å². The Hall–Kier alpha value is -2.22. The molecule has 1 aromatic carbocycles. The molecule has 0 atom stereocenters. The van der Waals surface area contributed by atoms with Crippen LogP contribution in [0, 0.1) is 0 Å². The van der Waals surface area contributed by atoms with Gasteiger partial charge in [-0.05, 0) is 18.1 Å². The summed E-state index contributed by atoms with van der Waals surface area (Å²) in [4.78, 5) is 12.1. The second-order valence-corrected chi connectivity index (χ2v) is 7.35. The molecule has 0 aliphatic rings. The molecule has 0 bridgehead atoms. The van der Waals surface area contributed by atoms with Gasteiger partial charge in [0.25, 0.3) is 0 Å². The third-order valence-corrected chi connectivity index (χ3v) is 4.95. The Morgan fingerprint density at radius 1 is 1.23 bits per heavy atom. The number of alkyl halides is 3. The molecule has 12 heteroatoms. The fraction of sp³-hybridized carbons (Fsp3) is 0.368. The maximum atomic E-state index is 12.6. The van der Waals surface area contributed by atoms with Crippen LogP contribution in [0.5, 0.6) is 0 Å². The highest BCUT2D eigenvalue weighted by Gasteiger charge is 2.33. The molecule has 0 spiro atoms. The van der Waals surface area contributed by atoms with Gasteiger partial charge in [0.1, 0.15) is 12.7 Å². The number of thiazole rings is 1. The van der Waals surface area contributed by atoms with Crippen molar-refractivity contribution < 1.29 is 13.2 Å². The summed E-state index contributed by atoms with van der Waals surface area (Å²) in [7, 11) is 0. The Kier molecular flexibility index (Phi) is 9.68. The third kappa shape index (κ3) is 8.09. The Morgan fingerprint density at radius 3 is 2.71 bits per heavy atom. The van der Waals surface area contributed by atoms with Gasteiger partial charge in [0.15, 0.2) is 11.7 Å². The molecule has 2 aromatic heterocycles. The van der Waals surface area contributed by atoms with Gasteiger partial charge >= 0.3 is 6.18 Å². The lowest BCUT2D eigenvalue weighted by Crippen LogP contribution is -2.38. The fourth-order valence-electron chi connectivity index (χ4n) is 2.68. The van der Waals surface area contributed by atoms with Gasteiger partial charge in [0.2, 0.25) is 0 Å². The summed E-state index contributed by atoms with van der Waals surface area (Å²) in [5.74, 6) is 0.604. The molecule has 2 heterocycles. The molecule has 3 aromatic rings. The molecule has 0 radical (unpaired) electrons. The molecular weight excluding hydrogens is 542 g/mol. The lowest BCUT2D eigenvalue weighted by molar-refractivity contribution is -0.140. The van der Waals surface area contributed by atoms with E-state index in [4.69, 9.17) is 0 Å². The number of aromatic nitrogens is 4. The summed E-state index contributed by atoms with van der Waals surface area (Å²) in [5.41, 5.74) is 1.30. The first-order chi connectivity index (χ1) is 14.4. The Bertz CT molecular complexity index is 958. The summed E-state index contributed by atoms with van der Waals surface area (Å²) in [6.45, 7) is 4.16. The van der Waals surface area contributed by atoms with Crippen molar-refractivity contribution >= 4 is 41.3 Å². The quantitative estimate of drug-likeness (QED) is 0.248. The van der Waals surface area contributed by atoms with Crippen molar-refractivity contribution in [3.05, 3.63) is 64.1 Å². The van der Waals surface area contributed by atoms with E-state index in [0.717, 1.165) is 27.8 Å². The second-order valence-electron chi connectivity index (χ2n) is 6.41. The highest BCUT2D eigenvalue weighted by Crippen LogP contribution is 2.29. The number of aliphatic imine (C=N–C) groups is 1. The van der Waals surface area contributed by atoms with Crippen LogP contribution < -0.4 is 10.6 Å². The van der Waals surface area contributed by atoms with E-state index < -0.39 is 11.9 Å². The topological polar surface area (TPSA) is 80.0 Å². The standard InChI is InChI=1S/C19H22F3N7S.HI/c1-2-24-18(25-7-6-17-28-16(11-30-17)19(20,21)22)26-9-14-4-3-5-15(8-14)10-29-13-23-12-27-29;/h3-5,8,11-13H,2,6-7,9-10H2,1H3,(H2,24,25,26);1H. The van der Waals surface area contributed by atoms with E-state index in [1.54, 1.807) is 11.0 Å². The summed E-state index contributed by atoms with van der Waals surface area (Å²) in [6.07, 6.45) is -0.851. The van der Waals surface area contributed by atoms with Crippen LogP contribution >= 0.6 is 35.3 Å².